The van der Waals surface area contributed by atoms with Crippen molar-refractivity contribution in [2.24, 2.45) is 5.92 Å². The van der Waals surface area contributed by atoms with E-state index in [9.17, 15) is 9.59 Å². The van der Waals surface area contributed by atoms with Gasteiger partial charge in [-0.3, -0.25) is 18.9 Å². The highest BCUT2D eigenvalue weighted by molar-refractivity contribution is 7.15. The van der Waals surface area contributed by atoms with E-state index in [2.05, 4.69) is 22.2 Å². The normalized spacial score (nSPS) is 20.2. The Morgan fingerprint density at radius 3 is 2.90 bits per heavy atom. The summed E-state index contributed by atoms with van der Waals surface area (Å²) in [5, 5.41) is 3.95. The first-order valence-corrected chi connectivity index (χ1v) is 11.9. The molecule has 0 radical (unpaired) electrons. The molecule has 3 aromatic heterocycles. The molecule has 1 fully saturated rings. The molecule has 3 aromatic rings. The van der Waals surface area contributed by atoms with E-state index in [-0.39, 0.29) is 11.5 Å². The fraction of sp³-hybridized carbons (Fsp3) is 0.476. The Morgan fingerprint density at radius 1 is 1.24 bits per heavy atom. The maximum atomic E-state index is 13.1. The van der Waals surface area contributed by atoms with E-state index in [1.165, 1.54) is 28.2 Å². The number of carbonyl (C=O) groups excluding carboxylic acids is 1. The van der Waals surface area contributed by atoms with Crippen molar-refractivity contribution in [3.8, 4) is 0 Å². The summed E-state index contributed by atoms with van der Waals surface area (Å²) in [6.07, 6.45) is 5.09. The van der Waals surface area contributed by atoms with Crippen LogP contribution in [0.15, 0.2) is 27.8 Å². The molecule has 1 saturated heterocycles. The van der Waals surface area contributed by atoms with Crippen molar-refractivity contribution in [3.05, 3.63) is 55.1 Å². The first kappa shape index (κ1) is 19.0. The highest BCUT2D eigenvalue weighted by atomic mass is 32.1. The minimum atomic E-state index is -0.0309. The number of amides is 1. The van der Waals surface area contributed by atoms with E-state index >= 15 is 0 Å². The second kappa shape index (κ2) is 7.66. The molecule has 152 valence electrons. The van der Waals surface area contributed by atoms with Gasteiger partial charge >= 0.3 is 0 Å². The number of nitrogens with zero attached hydrogens (tertiary/aromatic N) is 4. The van der Waals surface area contributed by atoms with Crippen molar-refractivity contribution in [2.75, 3.05) is 26.2 Å². The van der Waals surface area contributed by atoms with E-state index in [0.29, 0.717) is 6.54 Å². The predicted octanol–water partition coefficient (Wildman–Crippen LogP) is 2.90. The molecule has 4 heterocycles. The third kappa shape index (κ3) is 3.65. The monoisotopic (exact) mass is 428 g/mol. The molecule has 0 saturated carbocycles. The van der Waals surface area contributed by atoms with Gasteiger partial charge in [0.1, 0.15) is 0 Å². The highest BCUT2D eigenvalue weighted by Gasteiger charge is 2.28. The number of carbonyl (C=O) groups is 1. The molecule has 1 amide bonds. The number of aromatic nitrogens is 2. The standard InChI is InChI=1S/C21H24N4O2S2/c1-14-2-3-16-17(13-29-18(16)10-14)20(27)24-6-4-23(5-7-24)12-15-11-19(26)25-8-9-28-21(25)22-15/h8-9,11,13-14H,2-7,10,12H2,1H3. The second-order valence-corrected chi connectivity index (χ2v) is 9.95. The molecule has 0 N–H and O–H groups in total. The van der Waals surface area contributed by atoms with Crippen LogP contribution in [0, 0.1) is 5.92 Å². The SMILES string of the molecule is CC1CCc2c(C(=O)N3CCN(Cc4cc(=O)n5ccsc5n4)CC3)csc2C1. The van der Waals surface area contributed by atoms with E-state index in [0.717, 1.165) is 61.2 Å². The minimum Gasteiger partial charge on any atom is -0.336 e. The molecule has 29 heavy (non-hydrogen) atoms. The number of rotatable bonds is 3. The largest absolute Gasteiger partial charge is 0.336 e. The van der Waals surface area contributed by atoms with Crippen molar-refractivity contribution in [1.82, 2.24) is 19.2 Å². The maximum absolute atomic E-state index is 13.1. The number of fused-ring (bicyclic) bond motifs is 2. The Hall–Kier alpha value is -2.03. The lowest BCUT2D eigenvalue weighted by molar-refractivity contribution is 0.0626. The quantitative estimate of drug-likeness (QED) is 0.644. The molecule has 1 aliphatic carbocycles. The first-order valence-electron chi connectivity index (χ1n) is 10.1. The van der Waals surface area contributed by atoms with Gasteiger partial charge in [-0.15, -0.1) is 22.7 Å². The number of hydrogen-bond acceptors (Lipinski definition) is 6. The van der Waals surface area contributed by atoms with Gasteiger partial charge < -0.3 is 4.90 Å². The molecule has 0 spiro atoms. The van der Waals surface area contributed by atoms with Gasteiger partial charge in [-0.05, 0) is 30.7 Å². The Kier molecular flexibility index (Phi) is 5.01. The van der Waals surface area contributed by atoms with Crippen LogP contribution in [-0.2, 0) is 19.4 Å². The van der Waals surface area contributed by atoms with Gasteiger partial charge in [-0.1, -0.05) is 6.92 Å². The zero-order valence-corrected chi connectivity index (χ0v) is 18.1. The van der Waals surface area contributed by atoms with Crippen LogP contribution in [0.25, 0.3) is 4.96 Å². The molecule has 1 atom stereocenters. The maximum Gasteiger partial charge on any atom is 0.258 e. The van der Waals surface area contributed by atoms with Crippen LogP contribution >= 0.6 is 22.7 Å². The summed E-state index contributed by atoms with van der Waals surface area (Å²) in [5.41, 5.74) is 3.01. The van der Waals surface area contributed by atoms with Gasteiger partial charge in [0, 0.05) is 60.6 Å². The van der Waals surface area contributed by atoms with Crippen LogP contribution in [0.3, 0.4) is 0 Å². The molecular formula is C21H24N4O2S2. The van der Waals surface area contributed by atoms with Crippen LogP contribution in [-0.4, -0.2) is 51.3 Å². The van der Waals surface area contributed by atoms with Crippen LogP contribution in [0.4, 0.5) is 0 Å². The summed E-state index contributed by atoms with van der Waals surface area (Å²) in [6.45, 7) is 6.00. The molecular weight excluding hydrogens is 404 g/mol. The van der Waals surface area contributed by atoms with E-state index < -0.39 is 0 Å². The summed E-state index contributed by atoms with van der Waals surface area (Å²) in [4.78, 5) is 36.3. The van der Waals surface area contributed by atoms with Crippen LogP contribution in [0.2, 0.25) is 0 Å². The lowest BCUT2D eigenvalue weighted by Gasteiger charge is -2.34. The fourth-order valence-electron chi connectivity index (χ4n) is 4.33. The van der Waals surface area contributed by atoms with Crippen molar-refractivity contribution < 1.29 is 4.79 Å². The molecule has 5 rings (SSSR count). The van der Waals surface area contributed by atoms with Gasteiger partial charge in [0.2, 0.25) is 0 Å². The average Bonchev–Trinajstić information content (AvgIpc) is 3.35. The fourth-order valence-corrected chi connectivity index (χ4v) is 6.31. The van der Waals surface area contributed by atoms with Gasteiger partial charge in [0.15, 0.2) is 4.96 Å². The molecule has 6 nitrogen and oxygen atoms in total. The Bertz CT molecular complexity index is 1110. The first-order chi connectivity index (χ1) is 14.1. The van der Waals surface area contributed by atoms with Gasteiger partial charge in [0.05, 0.1) is 11.3 Å². The third-order valence-corrected chi connectivity index (χ3v) is 7.84. The van der Waals surface area contributed by atoms with Gasteiger partial charge in [-0.25, -0.2) is 4.98 Å². The number of thiophene rings is 1. The molecule has 1 aliphatic heterocycles. The third-order valence-electron chi connectivity index (χ3n) is 6.03. The van der Waals surface area contributed by atoms with E-state index in [1.54, 1.807) is 28.0 Å². The Morgan fingerprint density at radius 2 is 2.07 bits per heavy atom. The van der Waals surface area contributed by atoms with E-state index in [4.69, 9.17) is 0 Å². The summed E-state index contributed by atoms with van der Waals surface area (Å²) in [6, 6.07) is 1.62. The van der Waals surface area contributed by atoms with Gasteiger partial charge in [-0.2, -0.15) is 0 Å². The second-order valence-electron chi connectivity index (χ2n) is 8.11. The summed E-state index contributed by atoms with van der Waals surface area (Å²) >= 11 is 3.23. The van der Waals surface area contributed by atoms with Crippen molar-refractivity contribution in [2.45, 2.75) is 32.7 Å². The van der Waals surface area contributed by atoms with Crippen LogP contribution in [0.1, 0.15) is 39.8 Å². The van der Waals surface area contributed by atoms with Crippen molar-refractivity contribution in [3.63, 3.8) is 0 Å². The molecule has 0 aromatic carbocycles. The van der Waals surface area contributed by atoms with Gasteiger partial charge in [0.25, 0.3) is 11.5 Å². The zero-order chi connectivity index (χ0) is 20.0. The summed E-state index contributed by atoms with van der Waals surface area (Å²) in [7, 11) is 0. The summed E-state index contributed by atoms with van der Waals surface area (Å²) < 4.78 is 1.58. The molecule has 8 heteroatoms. The van der Waals surface area contributed by atoms with E-state index in [1.807, 2.05) is 10.3 Å². The topological polar surface area (TPSA) is 57.9 Å². The van der Waals surface area contributed by atoms with Crippen LogP contribution in [0.5, 0.6) is 0 Å². The predicted molar refractivity (Wildman–Crippen MR) is 116 cm³/mol. The average molecular weight is 429 g/mol. The number of hydrogen-bond donors (Lipinski definition) is 0. The Balaban J connectivity index is 1.23. The molecule has 1 unspecified atom stereocenters. The number of thiazole rings is 1. The Labute approximate surface area is 177 Å². The highest BCUT2D eigenvalue weighted by Crippen LogP contribution is 2.33. The number of piperazine rings is 1. The van der Waals surface area contributed by atoms with Crippen LogP contribution < -0.4 is 5.56 Å². The summed E-state index contributed by atoms with van der Waals surface area (Å²) in [5.74, 6) is 0.913. The zero-order valence-electron chi connectivity index (χ0n) is 16.5. The molecule has 0 bridgehead atoms. The molecule has 2 aliphatic rings. The van der Waals surface area contributed by atoms with Crippen molar-refractivity contribution >= 4 is 33.5 Å². The van der Waals surface area contributed by atoms with Crippen molar-refractivity contribution in [1.29, 1.82) is 0 Å². The minimum absolute atomic E-state index is 0.0309. The lowest BCUT2D eigenvalue weighted by Crippen LogP contribution is -2.48. The smallest absolute Gasteiger partial charge is 0.258 e. The lowest BCUT2D eigenvalue weighted by atomic mass is 9.88.